The number of rotatable bonds is 15. The largest absolute Gasteiger partial charge is 1.00 e. The van der Waals surface area contributed by atoms with E-state index in [4.69, 9.17) is 35.6 Å². The first-order valence-corrected chi connectivity index (χ1v) is 25.8. The number of carbonyl (C=O) groups excluding carboxylic acids is 1. The first-order valence-electron chi connectivity index (χ1n) is 25.8. The van der Waals surface area contributed by atoms with Crippen molar-refractivity contribution in [1.29, 1.82) is 0 Å². The van der Waals surface area contributed by atoms with E-state index in [2.05, 4.69) is 96.8 Å². The van der Waals surface area contributed by atoms with Crippen LogP contribution in [0.5, 0.6) is 11.5 Å². The number of hydrogen-bond acceptors (Lipinski definition) is 18. The molecular formula is C58H65N16NaO7. The number of benzene rings is 4. The van der Waals surface area contributed by atoms with Gasteiger partial charge in [0.25, 0.3) is 0 Å². The van der Waals surface area contributed by atoms with Gasteiger partial charge in [0.05, 0.1) is 87.1 Å². The molecule has 0 fully saturated rings. The summed E-state index contributed by atoms with van der Waals surface area (Å²) in [7, 11) is 0. The number of aromatic nitrogens is 14. The Morgan fingerprint density at radius 2 is 1.00 bits per heavy atom. The van der Waals surface area contributed by atoms with Gasteiger partial charge in [0.1, 0.15) is 73.3 Å². The molecule has 0 atom stereocenters. The summed E-state index contributed by atoms with van der Waals surface area (Å²) in [6, 6.07) is 23.3. The van der Waals surface area contributed by atoms with Crippen LogP contribution in [-0.2, 0) is 25.4 Å². The van der Waals surface area contributed by atoms with Gasteiger partial charge >= 0.3 is 41.5 Å². The second-order valence-electron chi connectivity index (χ2n) is 22.4. The second kappa shape index (κ2) is 24.2. The number of hydrogen-bond donors (Lipinski definition) is 3. The van der Waals surface area contributed by atoms with Crippen LogP contribution in [0.1, 0.15) is 76.2 Å². The molecule has 0 spiro atoms. The molecule has 82 heavy (non-hydrogen) atoms. The molecule has 6 aromatic heterocycles. The Kier molecular flexibility index (Phi) is 18.0. The number of carbonyl (C=O) groups is 2. The van der Waals surface area contributed by atoms with E-state index >= 15 is 0 Å². The van der Waals surface area contributed by atoms with Crippen molar-refractivity contribution < 1.29 is 63.9 Å². The summed E-state index contributed by atoms with van der Waals surface area (Å²) < 4.78 is 24.9. The number of fused-ring (bicyclic) bond motifs is 2. The SMILES string of the molecule is CC(C)(COc1ccc(-c2nc3cc(-c4cnc(N)cn4)ccc3n2C(C)(C)C)c(-n2cncn2)c1)C(=O)O.CCOC(=O)C(C)(C)COc1ccc(-c2nc3cc(-c4cnc(N)cn4)ccc3n2C(C)(C)C)c(-n2cncn2)c1.[Na+].[OH-]. The zero-order valence-corrected chi connectivity index (χ0v) is 50.0. The second-order valence-corrected chi connectivity index (χ2v) is 22.4. The number of nitrogens with two attached hydrogens (primary N) is 2. The molecule has 0 radical (unpaired) electrons. The van der Waals surface area contributed by atoms with Crippen molar-refractivity contribution >= 4 is 45.6 Å². The minimum absolute atomic E-state index is 0. The quantitative estimate of drug-likeness (QED) is 0.0734. The summed E-state index contributed by atoms with van der Waals surface area (Å²) in [5.41, 5.74) is 18.8. The van der Waals surface area contributed by atoms with Gasteiger partial charge in [-0.3, -0.25) is 19.6 Å². The van der Waals surface area contributed by atoms with Crippen LogP contribution in [0.3, 0.4) is 0 Å². The molecule has 0 saturated carbocycles. The van der Waals surface area contributed by atoms with Gasteiger partial charge in [-0.25, -0.2) is 39.3 Å². The minimum Gasteiger partial charge on any atom is -0.870 e. The fraction of sp³-hybridized carbons (Fsp3) is 0.310. The topological polar surface area (TPSA) is 313 Å². The maximum Gasteiger partial charge on any atom is 1.00 e. The number of esters is 1. The van der Waals surface area contributed by atoms with Gasteiger partial charge in [-0.2, -0.15) is 10.2 Å². The van der Waals surface area contributed by atoms with E-state index in [-0.39, 0.29) is 65.3 Å². The first kappa shape index (κ1) is 61.0. The van der Waals surface area contributed by atoms with E-state index in [1.807, 2.05) is 66.7 Å². The minimum atomic E-state index is -1.04. The van der Waals surface area contributed by atoms with Gasteiger partial charge < -0.3 is 45.4 Å². The third-order valence-electron chi connectivity index (χ3n) is 12.9. The van der Waals surface area contributed by atoms with Crippen molar-refractivity contribution in [3.63, 3.8) is 0 Å². The maximum absolute atomic E-state index is 12.4. The number of anilines is 2. The predicted molar refractivity (Wildman–Crippen MR) is 306 cm³/mol. The summed E-state index contributed by atoms with van der Waals surface area (Å²) >= 11 is 0. The molecule has 0 unspecified atom stereocenters. The average molecular weight is 1120 g/mol. The predicted octanol–water partition coefficient (Wildman–Crippen LogP) is 6.44. The van der Waals surface area contributed by atoms with Crippen molar-refractivity contribution in [2.75, 3.05) is 31.3 Å². The van der Waals surface area contributed by atoms with Crippen molar-refractivity contribution in [1.82, 2.24) is 68.6 Å². The first-order chi connectivity index (χ1) is 37.9. The van der Waals surface area contributed by atoms with Crippen LogP contribution in [0.15, 0.2) is 123 Å². The summed E-state index contributed by atoms with van der Waals surface area (Å²) in [6.07, 6.45) is 12.5. The number of carboxylic acids is 1. The van der Waals surface area contributed by atoms with Gasteiger partial charge in [0.15, 0.2) is 0 Å². The molecule has 0 bridgehead atoms. The number of nitrogen functional groups attached to an aromatic ring is 2. The normalized spacial score (nSPS) is 11.8. The summed E-state index contributed by atoms with van der Waals surface area (Å²) in [5, 5.41) is 18.2. The van der Waals surface area contributed by atoms with Crippen molar-refractivity contribution in [2.24, 2.45) is 10.8 Å². The number of nitrogens with zero attached hydrogens (tertiary/aromatic N) is 14. The van der Waals surface area contributed by atoms with Crippen LogP contribution in [0.25, 0.3) is 78.7 Å². The van der Waals surface area contributed by atoms with Crippen LogP contribution in [0.4, 0.5) is 11.6 Å². The van der Waals surface area contributed by atoms with Crippen LogP contribution >= 0.6 is 0 Å². The Morgan fingerprint density at radius 3 is 1.35 bits per heavy atom. The number of carboxylic acid groups (broad SMARTS) is 1. The summed E-state index contributed by atoms with van der Waals surface area (Å²) in [5.74, 6) is 2.08. The Labute approximate surface area is 495 Å². The van der Waals surface area contributed by atoms with Gasteiger partial charge in [0.2, 0.25) is 0 Å². The molecular weight excluding hydrogens is 1060 g/mol. The fourth-order valence-corrected chi connectivity index (χ4v) is 8.77. The van der Waals surface area contributed by atoms with E-state index in [1.54, 1.807) is 75.2 Å². The van der Waals surface area contributed by atoms with Crippen molar-refractivity contribution in [2.45, 2.75) is 87.2 Å². The van der Waals surface area contributed by atoms with Gasteiger partial charge in [0, 0.05) is 45.5 Å². The van der Waals surface area contributed by atoms with E-state index in [0.717, 1.165) is 61.7 Å². The third kappa shape index (κ3) is 13.1. The van der Waals surface area contributed by atoms with Crippen LogP contribution in [-0.4, -0.2) is 111 Å². The summed E-state index contributed by atoms with van der Waals surface area (Å²) in [4.78, 5) is 59.6. The molecule has 23 nitrogen and oxygen atoms in total. The number of ether oxygens (including phenoxy) is 3. The molecule has 0 saturated heterocycles. The molecule has 10 aromatic rings. The average Bonchev–Trinajstić information content (AvgIpc) is 4.31. The molecule has 4 aromatic carbocycles. The molecule has 0 amide bonds. The molecule has 0 aliphatic carbocycles. The fourth-order valence-electron chi connectivity index (χ4n) is 8.77. The third-order valence-corrected chi connectivity index (χ3v) is 12.9. The van der Waals surface area contributed by atoms with E-state index in [9.17, 15) is 14.7 Å². The van der Waals surface area contributed by atoms with Crippen molar-refractivity contribution in [3.8, 4) is 68.2 Å². The molecule has 420 valence electrons. The van der Waals surface area contributed by atoms with Gasteiger partial charge in [-0.1, -0.05) is 12.1 Å². The van der Waals surface area contributed by atoms with Crippen LogP contribution in [0, 0.1) is 10.8 Å². The monoisotopic (exact) mass is 1120 g/mol. The Balaban J connectivity index is 0.000000231. The Hall–Kier alpha value is -8.64. The van der Waals surface area contributed by atoms with Gasteiger partial charge in [-0.15, -0.1) is 0 Å². The zero-order chi connectivity index (χ0) is 57.3. The Morgan fingerprint density at radius 1 is 0.573 bits per heavy atom. The van der Waals surface area contributed by atoms with E-state index in [0.29, 0.717) is 46.8 Å². The Bertz CT molecular complexity index is 3850. The number of imidazole rings is 2. The molecule has 0 aliphatic rings. The zero-order valence-electron chi connectivity index (χ0n) is 48.0. The van der Waals surface area contributed by atoms with E-state index in [1.165, 1.54) is 18.9 Å². The molecule has 6 N–H and O–H groups in total. The summed E-state index contributed by atoms with van der Waals surface area (Å²) in [6.45, 7) is 21.9. The maximum atomic E-state index is 12.4. The van der Waals surface area contributed by atoms with E-state index < -0.39 is 16.8 Å². The molecule has 0 aliphatic heterocycles. The van der Waals surface area contributed by atoms with Crippen molar-refractivity contribution in [3.05, 3.63) is 123 Å². The molecule has 6 heterocycles. The van der Waals surface area contributed by atoms with Crippen LogP contribution in [0.2, 0.25) is 0 Å². The van der Waals surface area contributed by atoms with Gasteiger partial charge in [-0.05, 0) is 125 Å². The molecule has 10 rings (SSSR count). The van der Waals surface area contributed by atoms with Crippen LogP contribution < -0.4 is 50.5 Å². The smallest absolute Gasteiger partial charge is 0.870 e. The standard InChI is InChI=1S/C30H34N8O3.C28H30N8O3.Na.H2O/c1-7-40-28(39)30(5,6)16-41-20-9-10-21(25(13-20)37-18-32-17-35-37)27-36-22-12-19(23-14-34-26(31)15-33-23)8-11-24(22)38(27)29(2,3)4;1-27(2,3)36-22-9-6-17(21-12-32-24(29)13-31-21)10-20(22)34-25(36)19-8-7-18(39-14-28(4,5)26(37)38)11-23(19)35-16-30-15-33-35;;/h8-15,17-18H,7,16H2,1-6H3,(H2,31,34);6-13,15-16H,14H2,1-5H3,(H2,29,32)(H,37,38);;1H2/q;;+1;/p-1. The number of aliphatic carboxylic acids is 1. The molecule has 24 heteroatoms.